The molecule has 1 aliphatic carbocycles. The van der Waals surface area contributed by atoms with Crippen LogP contribution >= 0.6 is 0 Å². The van der Waals surface area contributed by atoms with E-state index in [9.17, 15) is 9.59 Å². The largest absolute Gasteiger partial charge is 0.326 e. The van der Waals surface area contributed by atoms with E-state index in [2.05, 4.69) is 5.32 Å². The van der Waals surface area contributed by atoms with Crippen LogP contribution in [0.3, 0.4) is 0 Å². The van der Waals surface area contributed by atoms with Gasteiger partial charge in [-0.05, 0) is 34.4 Å². The molecule has 1 unspecified atom stereocenters. The first-order chi connectivity index (χ1) is 10.1. The molecule has 0 aromatic heterocycles. The maximum absolute atomic E-state index is 11.8. The molecule has 0 saturated carbocycles. The van der Waals surface area contributed by atoms with Gasteiger partial charge >= 0.3 is 0 Å². The molecule has 3 rings (SSSR count). The van der Waals surface area contributed by atoms with Crippen LogP contribution in [-0.2, 0) is 9.59 Å². The summed E-state index contributed by atoms with van der Waals surface area (Å²) in [5.74, 6) is -0.336. The summed E-state index contributed by atoms with van der Waals surface area (Å²) in [4.78, 5) is 23.3. The third kappa shape index (κ3) is 2.25. The zero-order valence-corrected chi connectivity index (χ0v) is 12.1. The highest BCUT2D eigenvalue weighted by molar-refractivity contribution is 5.94. The SMILES string of the molecule is CC(C)C(=O)Nc1ccc2c(c1)C(C=O)c1ccccc1-2. The molecule has 1 N–H and O–H groups in total. The Labute approximate surface area is 124 Å². The Morgan fingerprint density at radius 1 is 1.10 bits per heavy atom. The van der Waals surface area contributed by atoms with Crippen LogP contribution in [-0.4, -0.2) is 12.2 Å². The quantitative estimate of drug-likeness (QED) is 0.873. The number of benzene rings is 2. The van der Waals surface area contributed by atoms with Gasteiger partial charge in [-0.15, -0.1) is 0 Å². The van der Waals surface area contributed by atoms with E-state index in [1.807, 2.05) is 56.3 Å². The minimum Gasteiger partial charge on any atom is -0.326 e. The molecule has 3 nitrogen and oxygen atoms in total. The highest BCUT2D eigenvalue weighted by Crippen LogP contribution is 2.44. The Balaban J connectivity index is 2.03. The Kier molecular flexibility index (Phi) is 3.34. The minimum absolute atomic E-state index is 0.0203. The van der Waals surface area contributed by atoms with Crippen molar-refractivity contribution in [2.24, 2.45) is 5.92 Å². The lowest BCUT2D eigenvalue weighted by atomic mass is 9.98. The van der Waals surface area contributed by atoms with Crippen LogP contribution in [0, 0.1) is 5.92 Å². The lowest BCUT2D eigenvalue weighted by Crippen LogP contribution is -2.17. The number of carbonyl (C=O) groups is 2. The van der Waals surface area contributed by atoms with E-state index in [1.54, 1.807) is 0 Å². The summed E-state index contributed by atoms with van der Waals surface area (Å²) < 4.78 is 0. The van der Waals surface area contributed by atoms with Gasteiger partial charge < -0.3 is 10.1 Å². The summed E-state index contributed by atoms with van der Waals surface area (Å²) in [5.41, 5.74) is 4.92. The van der Waals surface area contributed by atoms with Gasteiger partial charge in [0.25, 0.3) is 0 Å². The van der Waals surface area contributed by atoms with Gasteiger partial charge in [0.05, 0.1) is 5.92 Å². The number of hydrogen-bond acceptors (Lipinski definition) is 2. The Bertz CT molecular complexity index is 719. The predicted octanol–water partition coefficient (Wildman–Crippen LogP) is 3.59. The summed E-state index contributed by atoms with van der Waals surface area (Å²) in [6.45, 7) is 3.71. The van der Waals surface area contributed by atoms with Crippen molar-refractivity contribution < 1.29 is 9.59 Å². The molecule has 21 heavy (non-hydrogen) atoms. The van der Waals surface area contributed by atoms with Crippen molar-refractivity contribution in [1.29, 1.82) is 0 Å². The van der Waals surface area contributed by atoms with Crippen LogP contribution in [0.15, 0.2) is 42.5 Å². The lowest BCUT2D eigenvalue weighted by Gasteiger charge is -2.11. The Morgan fingerprint density at radius 3 is 2.52 bits per heavy atom. The van der Waals surface area contributed by atoms with Crippen LogP contribution in [0.2, 0.25) is 0 Å². The molecule has 0 spiro atoms. The van der Waals surface area contributed by atoms with E-state index in [0.29, 0.717) is 0 Å². The van der Waals surface area contributed by atoms with Gasteiger partial charge in [-0.25, -0.2) is 0 Å². The molecular formula is C18H17NO2. The van der Waals surface area contributed by atoms with Gasteiger partial charge in [0.2, 0.25) is 5.91 Å². The third-order valence-electron chi connectivity index (χ3n) is 3.90. The highest BCUT2D eigenvalue weighted by atomic mass is 16.1. The normalized spacial score (nSPS) is 15.5. The number of hydrogen-bond donors (Lipinski definition) is 1. The molecule has 0 saturated heterocycles. The average molecular weight is 279 g/mol. The van der Waals surface area contributed by atoms with Gasteiger partial charge in [-0.1, -0.05) is 44.2 Å². The molecule has 0 radical (unpaired) electrons. The minimum atomic E-state index is -0.243. The Hall–Kier alpha value is -2.42. The maximum Gasteiger partial charge on any atom is 0.226 e. The van der Waals surface area contributed by atoms with E-state index >= 15 is 0 Å². The first kappa shape index (κ1) is 13.6. The van der Waals surface area contributed by atoms with E-state index < -0.39 is 0 Å². The number of aldehydes is 1. The first-order valence-electron chi connectivity index (χ1n) is 7.11. The van der Waals surface area contributed by atoms with Crippen molar-refractivity contribution in [2.45, 2.75) is 19.8 Å². The van der Waals surface area contributed by atoms with E-state index in [-0.39, 0.29) is 17.7 Å². The van der Waals surface area contributed by atoms with Gasteiger partial charge in [0.1, 0.15) is 6.29 Å². The molecule has 2 aromatic rings. The smallest absolute Gasteiger partial charge is 0.226 e. The molecule has 0 heterocycles. The van der Waals surface area contributed by atoms with E-state index in [4.69, 9.17) is 0 Å². The highest BCUT2D eigenvalue weighted by Gasteiger charge is 2.28. The average Bonchev–Trinajstić information content (AvgIpc) is 2.80. The van der Waals surface area contributed by atoms with Crippen LogP contribution < -0.4 is 5.32 Å². The fraction of sp³-hybridized carbons (Fsp3) is 0.222. The van der Waals surface area contributed by atoms with Crippen molar-refractivity contribution >= 4 is 17.9 Å². The molecule has 0 bridgehead atoms. The number of rotatable bonds is 3. The second-order valence-electron chi connectivity index (χ2n) is 5.65. The van der Waals surface area contributed by atoms with Crippen molar-refractivity contribution in [1.82, 2.24) is 0 Å². The predicted molar refractivity (Wildman–Crippen MR) is 83.3 cm³/mol. The second kappa shape index (κ2) is 5.17. The molecule has 1 atom stereocenters. The zero-order valence-electron chi connectivity index (χ0n) is 12.1. The van der Waals surface area contributed by atoms with Crippen LogP contribution in [0.1, 0.15) is 30.9 Å². The topological polar surface area (TPSA) is 46.2 Å². The number of amides is 1. The summed E-state index contributed by atoms with van der Waals surface area (Å²) in [7, 11) is 0. The number of fused-ring (bicyclic) bond motifs is 3. The summed E-state index contributed by atoms with van der Waals surface area (Å²) in [6.07, 6.45) is 0.971. The molecular weight excluding hydrogens is 262 g/mol. The summed E-state index contributed by atoms with van der Waals surface area (Å²) >= 11 is 0. The summed E-state index contributed by atoms with van der Waals surface area (Å²) in [6, 6.07) is 13.7. The van der Waals surface area contributed by atoms with Crippen LogP contribution in [0.25, 0.3) is 11.1 Å². The fourth-order valence-corrected chi connectivity index (χ4v) is 2.76. The van der Waals surface area contributed by atoms with Crippen molar-refractivity contribution in [3.8, 4) is 11.1 Å². The third-order valence-corrected chi connectivity index (χ3v) is 3.90. The molecule has 3 heteroatoms. The van der Waals surface area contributed by atoms with Gasteiger partial charge in [0.15, 0.2) is 0 Å². The maximum atomic E-state index is 11.8. The Morgan fingerprint density at radius 2 is 1.81 bits per heavy atom. The fourth-order valence-electron chi connectivity index (χ4n) is 2.76. The van der Waals surface area contributed by atoms with Crippen molar-refractivity contribution in [3.63, 3.8) is 0 Å². The van der Waals surface area contributed by atoms with Gasteiger partial charge in [-0.3, -0.25) is 4.79 Å². The number of anilines is 1. The van der Waals surface area contributed by atoms with Crippen LogP contribution in [0.5, 0.6) is 0 Å². The molecule has 106 valence electrons. The van der Waals surface area contributed by atoms with Crippen molar-refractivity contribution in [2.75, 3.05) is 5.32 Å². The lowest BCUT2D eigenvalue weighted by molar-refractivity contribution is -0.118. The number of nitrogens with one attached hydrogen (secondary N) is 1. The molecule has 0 aliphatic heterocycles. The first-order valence-corrected chi connectivity index (χ1v) is 7.11. The molecule has 0 fully saturated rings. The van der Waals surface area contributed by atoms with E-state index in [0.717, 1.165) is 34.2 Å². The monoisotopic (exact) mass is 279 g/mol. The van der Waals surface area contributed by atoms with Crippen molar-refractivity contribution in [3.05, 3.63) is 53.6 Å². The molecule has 1 amide bonds. The van der Waals surface area contributed by atoms with Gasteiger partial charge in [-0.2, -0.15) is 0 Å². The molecule has 2 aromatic carbocycles. The van der Waals surface area contributed by atoms with Gasteiger partial charge in [0, 0.05) is 11.6 Å². The zero-order chi connectivity index (χ0) is 15.0. The second-order valence-corrected chi connectivity index (χ2v) is 5.65. The summed E-state index contributed by atoms with van der Waals surface area (Å²) in [5, 5.41) is 2.89. The molecule has 1 aliphatic rings. The number of carbonyl (C=O) groups excluding carboxylic acids is 2. The standard InChI is InChI=1S/C18H17NO2/c1-11(2)18(21)19-12-7-8-15-13-5-3-4-6-14(13)17(10-20)16(15)9-12/h3-11,17H,1-2H3,(H,19,21). The van der Waals surface area contributed by atoms with Crippen LogP contribution in [0.4, 0.5) is 5.69 Å². The van der Waals surface area contributed by atoms with E-state index in [1.165, 1.54) is 0 Å².